The van der Waals surface area contributed by atoms with E-state index in [1.165, 1.54) is 0 Å². The van der Waals surface area contributed by atoms with Crippen LogP contribution in [0.3, 0.4) is 0 Å². The molecule has 0 unspecified atom stereocenters. The van der Waals surface area contributed by atoms with Gasteiger partial charge in [0.1, 0.15) is 0 Å². The molecule has 196 valence electrons. The molecule has 0 fully saturated rings. The zero-order chi connectivity index (χ0) is 27.4. The van der Waals surface area contributed by atoms with Crippen LogP contribution in [-0.2, 0) is 9.13 Å². The molecular formula is C36H30O2P2. The average molecular weight is 557 g/mol. The number of allylic oxidation sites excluding steroid dienone is 4. The predicted molar refractivity (Wildman–Crippen MR) is 171 cm³/mol. The van der Waals surface area contributed by atoms with Crippen molar-refractivity contribution in [2.75, 3.05) is 0 Å². The van der Waals surface area contributed by atoms with Gasteiger partial charge in [0, 0.05) is 31.8 Å². The second kappa shape index (κ2) is 11.3. The van der Waals surface area contributed by atoms with Gasteiger partial charge in [0.05, 0.1) is 0 Å². The summed E-state index contributed by atoms with van der Waals surface area (Å²) in [7, 11) is -6.49. The van der Waals surface area contributed by atoms with Crippen LogP contribution >= 0.6 is 14.3 Å². The fourth-order valence-corrected chi connectivity index (χ4v) is 11.5. The molecule has 0 aromatic heterocycles. The fourth-order valence-electron chi connectivity index (χ4n) is 5.63. The van der Waals surface area contributed by atoms with Crippen molar-refractivity contribution in [1.82, 2.24) is 0 Å². The van der Waals surface area contributed by atoms with Crippen molar-refractivity contribution in [3.63, 3.8) is 0 Å². The number of benzene rings is 5. The van der Waals surface area contributed by atoms with Crippen LogP contribution < -0.4 is 26.5 Å². The van der Waals surface area contributed by atoms with Crippen LogP contribution in [0.15, 0.2) is 163 Å². The first-order chi connectivity index (χ1) is 19.6. The first-order valence-corrected chi connectivity index (χ1v) is 17.0. The third-order valence-electron chi connectivity index (χ3n) is 7.53. The van der Waals surface area contributed by atoms with Gasteiger partial charge in [-0.25, -0.2) is 0 Å². The molecule has 0 saturated carbocycles. The van der Waals surface area contributed by atoms with Gasteiger partial charge in [-0.15, -0.1) is 0 Å². The van der Waals surface area contributed by atoms with Crippen molar-refractivity contribution in [1.29, 1.82) is 0 Å². The zero-order valence-electron chi connectivity index (χ0n) is 22.1. The average Bonchev–Trinajstić information content (AvgIpc) is 3.05. The normalized spacial score (nSPS) is 13.8. The van der Waals surface area contributed by atoms with E-state index in [0.29, 0.717) is 0 Å². The maximum atomic E-state index is 15.5. The van der Waals surface area contributed by atoms with Crippen LogP contribution in [0.4, 0.5) is 0 Å². The Hall–Kier alpha value is -3.96. The van der Waals surface area contributed by atoms with E-state index >= 15 is 9.13 Å². The molecule has 4 heteroatoms. The lowest BCUT2D eigenvalue weighted by atomic mass is 9.97. The molecule has 0 aliphatic heterocycles. The van der Waals surface area contributed by atoms with E-state index in [0.717, 1.165) is 55.8 Å². The summed E-state index contributed by atoms with van der Waals surface area (Å²) >= 11 is 0. The molecule has 0 N–H and O–H groups in total. The van der Waals surface area contributed by atoms with E-state index < -0.39 is 14.3 Å². The fraction of sp³-hybridized carbons (Fsp3) is 0.0556. The van der Waals surface area contributed by atoms with E-state index in [9.17, 15) is 0 Å². The summed E-state index contributed by atoms with van der Waals surface area (Å²) in [5, 5.41) is 4.77. The SMILES string of the molecule is O=P(C1=C(c2ccccc2P(=O)(c2ccccc2)c2ccccc2)CCC=C1)(c1ccccc1)c1ccccc1. The second-order valence-corrected chi connectivity index (χ2v) is 15.3. The lowest BCUT2D eigenvalue weighted by molar-refractivity contribution is 0.590. The number of hydrogen-bond donors (Lipinski definition) is 0. The Labute approximate surface area is 236 Å². The van der Waals surface area contributed by atoms with E-state index in [4.69, 9.17) is 0 Å². The van der Waals surface area contributed by atoms with Gasteiger partial charge in [-0.1, -0.05) is 158 Å². The minimum atomic E-state index is -3.25. The monoisotopic (exact) mass is 556 g/mol. The summed E-state index contributed by atoms with van der Waals surface area (Å²) in [4.78, 5) is 0. The molecule has 1 aliphatic rings. The molecule has 40 heavy (non-hydrogen) atoms. The Balaban J connectivity index is 1.67. The number of rotatable bonds is 7. The topological polar surface area (TPSA) is 34.1 Å². The molecule has 0 atom stereocenters. The van der Waals surface area contributed by atoms with Crippen LogP contribution in [0, 0.1) is 0 Å². The summed E-state index contributed by atoms with van der Waals surface area (Å²) in [5.74, 6) is 0. The molecule has 0 spiro atoms. The smallest absolute Gasteiger partial charge is 0.171 e. The van der Waals surface area contributed by atoms with E-state index in [1.807, 2.05) is 146 Å². The maximum absolute atomic E-state index is 15.5. The summed E-state index contributed by atoms with van der Waals surface area (Å²) < 4.78 is 30.9. The van der Waals surface area contributed by atoms with E-state index in [1.54, 1.807) is 0 Å². The Morgan fingerprint density at radius 2 is 0.850 bits per heavy atom. The van der Waals surface area contributed by atoms with Crippen molar-refractivity contribution < 1.29 is 9.13 Å². The zero-order valence-corrected chi connectivity index (χ0v) is 23.9. The lowest BCUT2D eigenvalue weighted by Crippen LogP contribution is -2.27. The highest BCUT2D eigenvalue weighted by Crippen LogP contribution is 2.57. The summed E-state index contributed by atoms with van der Waals surface area (Å²) in [6.07, 6.45) is 5.72. The molecule has 5 aromatic rings. The minimum absolute atomic E-state index is 0.718. The molecule has 0 bridgehead atoms. The van der Waals surface area contributed by atoms with Gasteiger partial charge in [0.15, 0.2) is 14.3 Å². The Kier molecular flexibility index (Phi) is 7.40. The highest BCUT2D eigenvalue weighted by Gasteiger charge is 2.37. The molecule has 0 heterocycles. The molecule has 0 radical (unpaired) electrons. The van der Waals surface area contributed by atoms with Crippen molar-refractivity contribution in [3.05, 3.63) is 169 Å². The molecule has 0 saturated heterocycles. The first-order valence-electron chi connectivity index (χ1n) is 13.6. The van der Waals surface area contributed by atoms with Crippen LogP contribution in [0.2, 0.25) is 0 Å². The Morgan fingerprint density at radius 1 is 0.450 bits per heavy atom. The highest BCUT2D eigenvalue weighted by atomic mass is 31.2. The van der Waals surface area contributed by atoms with Gasteiger partial charge in [-0.3, -0.25) is 0 Å². The van der Waals surface area contributed by atoms with E-state index in [2.05, 4.69) is 12.1 Å². The molecule has 2 nitrogen and oxygen atoms in total. The van der Waals surface area contributed by atoms with Crippen LogP contribution in [0.1, 0.15) is 18.4 Å². The summed E-state index contributed by atoms with van der Waals surface area (Å²) in [6.45, 7) is 0. The van der Waals surface area contributed by atoms with Gasteiger partial charge in [-0.2, -0.15) is 0 Å². The Bertz CT molecular complexity index is 1690. The summed E-state index contributed by atoms with van der Waals surface area (Å²) in [5.41, 5.74) is 1.91. The van der Waals surface area contributed by atoms with Gasteiger partial charge in [0.25, 0.3) is 0 Å². The molecule has 5 aromatic carbocycles. The van der Waals surface area contributed by atoms with Crippen LogP contribution in [0.25, 0.3) is 5.57 Å². The number of hydrogen-bond acceptors (Lipinski definition) is 2. The van der Waals surface area contributed by atoms with Crippen molar-refractivity contribution >= 4 is 46.4 Å². The van der Waals surface area contributed by atoms with Gasteiger partial charge >= 0.3 is 0 Å². The molecular weight excluding hydrogens is 526 g/mol. The van der Waals surface area contributed by atoms with Crippen molar-refractivity contribution in [3.8, 4) is 0 Å². The highest BCUT2D eigenvalue weighted by molar-refractivity contribution is 7.85. The quantitative estimate of drug-likeness (QED) is 0.196. The maximum Gasteiger partial charge on any atom is 0.171 e. The standard InChI is InChI=1S/C36H30O2P2/c37-39(29-17-5-1-6-18-29,30-19-7-2-8-20-30)35-27-15-13-25-33(35)34-26-14-16-28-36(34)40(38,31-21-9-3-10-22-31)32-23-11-4-12-24-32/h1-13,15-25,27-28H,14,26H2. The summed E-state index contributed by atoms with van der Waals surface area (Å²) in [6, 6.07) is 47.1. The van der Waals surface area contributed by atoms with E-state index in [-0.39, 0.29) is 0 Å². The van der Waals surface area contributed by atoms with Crippen LogP contribution in [-0.4, -0.2) is 0 Å². The largest absolute Gasteiger partial charge is 0.309 e. The minimum Gasteiger partial charge on any atom is -0.309 e. The van der Waals surface area contributed by atoms with Gasteiger partial charge in [0.2, 0.25) is 0 Å². The lowest BCUT2D eigenvalue weighted by Gasteiger charge is -2.29. The second-order valence-electron chi connectivity index (χ2n) is 9.88. The molecule has 0 amide bonds. The van der Waals surface area contributed by atoms with Crippen molar-refractivity contribution in [2.45, 2.75) is 12.8 Å². The predicted octanol–water partition coefficient (Wildman–Crippen LogP) is 7.40. The van der Waals surface area contributed by atoms with Crippen LogP contribution in [0.5, 0.6) is 0 Å². The van der Waals surface area contributed by atoms with Crippen molar-refractivity contribution in [2.24, 2.45) is 0 Å². The van der Waals surface area contributed by atoms with Gasteiger partial charge in [-0.05, 0) is 24.0 Å². The first kappa shape index (κ1) is 26.3. The Morgan fingerprint density at radius 3 is 1.32 bits per heavy atom. The molecule has 6 rings (SSSR count). The third kappa shape index (κ3) is 4.58. The molecule has 1 aliphatic carbocycles. The van der Waals surface area contributed by atoms with Gasteiger partial charge < -0.3 is 9.13 Å². The third-order valence-corrected chi connectivity index (χ3v) is 13.8.